The fourth-order valence-electron chi connectivity index (χ4n) is 5.18. The highest BCUT2D eigenvalue weighted by atomic mass is 15.2. The van der Waals surface area contributed by atoms with E-state index in [1.807, 2.05) is 78.1 Å². The molecule has 0 aliphatic heterocycles. The van der Waals surface area contributed by atoms with Crippen LogP contribution in [-0.2, 0) is 7.05 Å². The van der Waals surface area contributed by atoms with Gasteiger partial charge in [-0.1, -0.05) is 81.8 Å². The normalized spacial score (nSPS) is 15.1. The second kappa shape index (κ2) is 8.43. The van der Waals surface area contributed by atoms with Crippen molar-refractivity contribution in [3.05, 3.63) is 95.1 Å². The number of benzene rings is 4. The summed E-state index contributed by atoms with van der Waals surface area (Å²) in [6.45, 7) is 7.26. The van der Waals surface area contributed by atoms with E-state index in [-0.39, 0.29) is 0 Å². The molecule has 0 unspecified atom stereocenters. The Bertz CT molecular complexity index is 1700. The van der Waals surface area contributed by atoms with Gasteiger partial charge < -0.3 is 0 Å². The van der Waals surface area contributed by atoms with Crippen LogP contribution in [0.4, 0.5) is 0 Å². The predicted molar refractivity (Wildman–Crippen MR) is 145 cm³/mol. The lowest BCUT2D eigenvalue weighted by Gasteiger charge is -2.18. The molecule has 0 amide bonds. The molecule has 0 saturated heterocycles. The van der Waals surface area contributed by atoms with E-state index in [0.717, 1.165) is 55.6 Å². The second-order valence-electron chi connectivity index (χ2n) is 9.60. The van der Waals surface area contributed by atoms with E-state index in [2.05, 4.69) is 33.4 Å². The summed E-state index contributed by atoms with van der Waals surface area (Å²) in [5, 5.41) is 2.22. The van der Waals surface area contributed by atoms with Crippen LogP contribution < -0.4 is 4.57 Å². The molecule has 0 radical (unpaired) electrons. The standard InChI is InChI=1S/C32H35N2/c1-20(2)25-13-10-14-26(21(3)4)30(25)34-29-18-16-24-11-8-9-12-28(24)31(29)33(7)32(34)27-17-15-22(5)19-23(27)6/h8-21H,1-7H3/q+1/i5D3,20D,21D. The number of imidazole rings is 1. The molecule has 0 N–H and O–H groups in total. The van der Waals surface area contributed by atoms with Crippen LogP contribution in [0.3, 0.4) is 0 Å². The zero-order valence-corrected chi connectivity index (χ0v) is 20.8. The Morgan fingerprint density at radius 1 is 0.853 bits per heavy atom. The van der Waals surface area contributed by atoms with Gasteiger partial charge >= 0.3 is 0 Å². The lowest BCUT2D eigenvalue weighted by atomic mass is 9.92. The first-order valence-corrected chi connectivity index (χ1v) is 11.8. The zero-order valence-electron chi connectivity index (χ0n) is 25.8. The molecule has 1 aromatic heterocycles. The van der Waals surface area contributed by atoms with Gasteiger partial charge in [-0.05, 0) is 60.8 Å². The van der Waals surface area contributed by atoms with Crippen LogP contribution in [0.2, 0.25) is 0 Å². The van der Waals surface area contributed by atoms with Gasteiger partial charge in [0.2, 0.25) is 0 Å². The van der Waals surface area contributed by atoms with E-state index in [1.165, 1.54) is 0 Å². The van der Waals surface area contributed by atoms with Crippen molar-refractivity contribution in [2.75, 3.05) is 0 Å². The molecule has 5 rings (SSSR count). The smallest absolute Gasteiger partial charge is 0.225 e. The molecule has 0 aliphatic carbocycles. The zero-order chi connectivity index (χ0) is 28.5. The third kappa shape index (κ3) is 3.44. The molecule has 0 fully saturated rings. The maximum absolute atomic E-state index is 9.08. The van der Waals surface area contributed by atoms with Gasteiger partial charge in [0.15, 0.2) is 11.0 Å². The summed E-state index contributed by atoms with van der Waals surface area (Å²) in [4.78, 5) is 0. The van der Waals surface area contributed by atoms with Crippen LogP contribution in [0, 0.1) is 13.8 Å². The van der Waals surface area contributed by atoms with E-state index < -0.39 is 18.6 Å². The summed E-state index contributed by atoms with van der Waals surface area (Å²) in [6, 6.07) is 23.7. The lowest BCUT2D eigenvalue weighted by molar-refractivity contribution is -0.633. The minimum atomic E-state index is -2.20. The molecule has 0 spiro atoms. The van der Waals surface area contributed by atoms with Gasteiger partial charge in [-0.25, -0.2) is 4.57 Å². The fraction of sp³-hybridized carbons (Fsp3) is 0.281. The number of aromatic nitrogens is 2. The summed E-state index contributed by atoms with van der Waals surface area (Å²) in [6.07, 6.45) is 0. The quantitative estimate of drug-likeness (QED) is 0.243. The van der Waals surface area contributed by atoms with E-state index in [0.29, 0.717) is 5.56 Å². The monoisotopic (exact) mass is 452 g/mol. The maximum Gasteiger partial charge on any atom is 0.295 e. The number of nitrogens with zero attached hydrogens (tertiary/aromatic N) is 2. The Hall–Kier alpha value is -3.39. The van der Waals surface area contributed by atoms with Crippen LogP contribution in [0.15, 0.2) is 72.8 Å². The number of hydrogen-bond donors (Lipinski definition) is 0. The van der Waals surface area contributed by atoms with Gasteiger partial charge in [0, 0.05) is 23.4 Å². The van der Waals surface area contributed by atoms with Crippen molar-refractivity contribution in [1.82, 2.24) is 4.57 Å². The first kappa shape index (κ1) is 17.1. The molecule has 0 bridgehead atoms. The molecule has 0 atom stereocenters. The number of aryl methyl sites for hydroxylation is 3. The number of rotatable bonds is 4. The van der Waals surface area contributed by atoms with Crippen molar-refractivity contribution in [2.24, 2.45) is 7.05 Å². The van der Waals surface area contributed by atoms with Gasteiger partial charge in [0.25, 0.3) is 5.82 Å². The minimum absolute atomic E-state index is 0.306. The highest BCUT2D eigenvalue weighted by Gasteiger charge is 2.32. The molecular formula is C32H35N2+. The van der Waals surface area contributed by atoms with E-state index in [9.17, 15) is 0 Å². The molecule has 2 heteroatoms. The molecule has 5 aromatic rings. The average molecular weight is 453 g/mol. The molecule has 172 valence electrons. The van der Waals surface area contributed by atoms with E-state index >= 15 is 0 Å². The van der Waals surface area contributed by atoms with Crippen molar-refractivity contribution in [3.63, 3.8) is 0 Å². The lowest BCUT2D eigenvalue weighted by Crippen LogP contribution is -2.31. The molecular weight excluding hydrogens is 412 g/mol. The third-order valence-electron chi connectivity index (χ3n) is 6.79. The van der Waals surface area contributed by atoms with Gasteiger partial charge in [-0.15, -0.1) is 0 Å². The number of para-hydroxylation sites is 1. The van der Waals surface area contributed by atoms with Crippen LogP contribution in [0.1, 0.15) is 68.6 Å². The van der Waals surface area contributed by atoms with Crippen LogP contribution in [0.25, 0.3) is 38.9 Å². The summed E-state index contributed by atoms with van der Waals surface area (Å²) in [5.74, 6) is -0.988. The topological polar surface area (TPSA) is 8.81 Å². The average Bonchev–Trinajstić information content (AvgIpc) is 3.14. The van der Waals surface area contributed by atoms with Crippen molar-refractivity contribution in [2.45, 2.75) is 53.3 Å². The Morgan fingerprint density at radius 2 is 1.56 bits per heavy atom. The first-order valence-electron chi connectivity index (χ1n) is 14.3. The van der Waals surface area contributed by atoms with Gasteiger partial charge in [-0.2, -0.15) is 4.57 Å². The third-order valence-corrected chi connectivity index (χ3v) is 6.79. The summed E-state index contributed by atoms with van der Waals surface area (Å²) in [7, 11) is 2.04. The molecule has 34 heavy (non-hydrogen) atoms. The van der Waals surface area contributed by atoms with E-state index in [4.69, 9.17) is 6.85 Å². The molecule has 0 saturated carbocycles. The fourth-order valence-corrected chi connectivity index (χ4v) is 5.18. The Kier molecular flexibility index (Phi) is 4.24. The van der Waals surface area contributed by atoms with E-state index in [1.54, 1.807) is 12.1 Å². The van der Waals surface area contributed by atoms with Crippen LogP contribution in [-0.4, -0.2) is 4.57 Å². The highest BCUT2D eigenvalue weighted by Crippen LogP contribution is 2.38. The highest BCUT2D eigenvalue weighted by molar-refractivity contribution is 6.03. The molecule has 1 heterocycles. The Labute approximate surface area is 210 Å². The van der Waals surface area contributed by atoms with Crippen molar-refractivity contribution >= 4 is 21.8 Å². The first-order chi connectivity index (χ1) is 18.1. The SMILES string of the molecule is [2H]C([2H])([2H])c1ccc(-c2n(-c3c(C([2H])(C)C)cccc3C([2H])(C)C)c3ccc4ccccc4c3[n+]2C)c(C)c1. The van der Waals surface area contributed by atoms with Crippen molar-refractivity contribution < 1.29 is 11.4 Å². The Morgan fingerprint density at radius 3 is 2.21 bits per heavy atom. The summed E-state index contributed by atoms with van der Waals surface area (Å²) < 4.78 is 46.3. The Balaban J connectivity index is 2.02. The minimum Gasteiger partial charge on any atom is -0.225 e. The van der Waals surface area contributed by atoms with Gasteiger partial charge in [0.05, 0.1) is 12.6 Å². The number of fused-ring (bicyclic) bond motifs is 3. The van der Waals surface area contributed by atoms with Crippen LogP contribution in [0.5, 0.6) is 0 Å². The van der Waals surface area contributed by atoms with Crippen molar-refractivity contribution in [1.29, 1.82) is 0 Å². The maximum atomic E-state index is 9.08. The predicted octanol–water partition coefficient (Wildman–Crippen LogP) is 8.14. The summed E-state index contributed by atoms with van der Waals surface area (Å²) >= 11 is 0. The van der Waals surface area contributed by atoms with Crippen LogP contribution >= 0.6 is 0 Å². The van der Waals surface area contributed by atoms with Crippen molar-refractivity contribution in [3.8, 4) is 17.1 Å². The molecule has 2 nitrogen and oxygen atoms in total. The molecule has 0 aliphatic rings. The van der Waals surface area contributed by atoms with Gasteiger partial charge in [0.1, 0.15) is 5.69 Å². The van der Waals surface area contributed by atoms with Gasteiger partial charge in [-0.3, -0.25) is 0 Å². The second-order valence-corrected chi connectivity index (χ2v) is 9.60. The largest absolute Gasteiger partial charge is 0.295 e. The number of hydrogen-bond acceptors (Lipinski definition) is 0. The molecule has 4 aromatic carbocycles. The summed E-state index contributed by atoms with van der Waals surface area (Å²) in [5.41, 5.74) is 6.53.